The SMILES string of the molecule is CCC(c1cccc(NS(=O)(=O)c2ccc(Cl)cc2)c1)C1C(=O)OC2=CC=CCCCC2C1O. The number of aliphatic hydroxyl groups is 1. The van der Waals surface area contributed by atoms with Gasteiger partial charge >= 0.3 is 5.97 Å². The average Bonchev–Trinajstić information content (AvgIpc) is 2.78. The van der Waals surface area contributed by atoms with Crippen molar-refractivity contribution in [3.8, 4) is 0 Å². The van der Waals surface area contributed by atoms with Gasteiger partial charge in [-0.2, -0.15) is 0 Å². The van der Waals surface area contributed by atoms with Gasteiger partial charge in [-0.1, -0.05) is 42.8 Å². The summed E-state index contributed by atoms with van der Waals surface area (Å²) in [5.41, 5.74) is 1.14. The zero-order valence-electron chi connectivity index (χ0n) is 18.9. The molecule has 1 saturated heterocycles. The lowest BCUT2D eigenvalue weighted by molar-refractivity contribution is -0.160. The number of carbonyl (C=O) groups excluding carboxylic acids is 1. The molecule has 0 radical (unpaired) electrons. The smallest absolute Gasteiger partial charge is 0.317 e. The minimum absolute atomic E-state index is 0.0956. The Balaban J connectivity index is 1.60. The Hall–Kier alpha value is -2.61. The monoisotopic (exact) mass is 501 g/mol. The van der Waals surface area contributed by atoms with Crippen LogP contribution < -0.4 is 4.72 Å². The summed E-state index contributed by atoms with van der Waals surface area (Å²) in [6.07, 6.45) is 7.93. The predicted molar refractivity (Wildman–Crippen MR) is 132 cm³/mol. The number of hydrogen-bond donors (Lipinski definition) is 2. The summed E-state index contributed by atoms with van der Waals surface area (Å²) in [6, 6.07) is 12.9. The van der Waals surface area contributed by atoms with Crippen LogP contribution in [0.2, 0.25) is 5.02 Å². The lowest BCUT2D eigenvalue weighted by Crippen LogP contribution is -2.45. The van der Waals surface area contributed by atoms with E-state index < -0.39 is 28.0 Å². The fraction of sp³-hybridized carbons (Fsp3) is 0.346. The third-order valence-corrected chi connectivity index (χ3v) is 8.13. The number of anilines is 1. The van der Waals surface area contributed by atoms with Gasteiger partial charge in [-0.25, -0.2) is 8.42 Å². The van der Waals surface area contributed by atoms with Crippen molar-refractivity contribution < 1.29 is 23.1 Å². The second-order valence-electron chi connectivity index (χ2n) is 8.67. The minimum Gasteiger partial charge on any atom is -0.430 e. The molecule has 8 heteroatoms. The predicted octanol–water partition coefficient (Wildman–Crippen LogP) is 5.41. The highest BCUT2D eigenvalue weighted by Crippen LogP contribution is 2.42. The molecule has 4 atom stereocenters. The Kier molecular flexibility index (Phi) is 7.45. The van der Waals surface area contributed by atoms with Gasteiger partial charge in [-0.05, 0) is 79.6 Å². The van der Waals surface area contributed by atoms with Gasteiger partial charge < -0.3 is 9.84 Å². The molecule has 1 aliphatic carbocycles. The molecule has 0 spiro atoms. The number of halogens is 1. The van der Waals surface area contributed by atoms with Gasteiger partial charge in [0.05, 0.1) is 16.9 Å². The van der Waals surface area contributed by atoms with E-state index in [1.54, 1.807) is 24.3 Å². The fourth-order valence-corrected chi connectivity index (χ4v) is 5.94. The standard InChI is InChI=1S/C26H28ClNO5S/c1-2-21(24-25(29)22-10-5-3-4-6-11-23(22)33-26(24)30)17-8-7-9-19(16-17)28-34(31,32)20-14-12-18(27)13-15-20/h4,6-9,11-16,21-22,24-25,28-29H,2-3,5,10H2,1H3. The maximum absolute atomic E-state index is 13.0. The Morgan fingerprint density at radius 1 is 1.21 bits per heavy atom. The Labute approximate surface area is 205 Å². The quantitative estimate of drug-likeness (QED) is 0.516. The highest BCUT2D eigenvalue weighted by molar-refractivity contribution is 7.92. The van der Waals surface area contributed by atoms with Crippen LogP contribution >= 0.6 is 11.6 Å². The number of benzene rings is 2. The Bertz CT molecular complexity index is 1210. The first-order chi connectivity index (χ1) is 16.3. The first-order valence-electron chi connectivity index (χ1n) is 11.4. The van der Waals surface area contributed by atoms with E-state index in [9.17, 15) is 18.3 Å². The largest absolute Gasteiger partial charge is 0.430 e. The number of nitrogens with one attached hydrogen (secondary N) is 1. The molecule has 4 rings (SSSR count). The number of ether oxygens (including phenoxy) is 1. The third-order valence-electron chi connectivity index (χ3n) is 6.48. The van der Waals surface area contributed by atoms with Gasteiger partial charge in [0, 0.05) is 16.6 Å². The number of rotatable bonds is 6. The molecule has 2 aromatic rings. The molecule has 6 nitrogen and oxygen atoms in total. The molecular weight excluding hydrogens is 474 g/mol. The molecular formula is C26H28ClNO5S. The van der Waals surface area contributed by atoms with Crippen molar-refractivity contribution in [1.29, 1.82) is 0 Å². The molecule has 4 unspecified atom stereocenters. The van der Waals surface area contributed by atoms with Gasteiger partial charge in [0.15, 0.2) is 0 Å². The second-order valence-corrected chi connectivity index (χ2v) is 10.8. The highest BCUT2D eigenvalue weighted by Gasteiger charge is 2.46. The van der Waals surface area contributed by atoms with E-state index in [2.05, 4.69) is 4.72 Å². The van der Waals surface area contributed by atoms with E-state index in [-0.39, 0.29) is 16.7 Å². The van der Waals surface area contributed by atoms with E-state index in [0.29, 0.717) is 22.9 Å². The van der Waals surface area contributed by atoms with Crippen molar-refractivity contribution in [2.24, 2.45) is 11.8 Å². The number of esters is 1. The van der Waals surface area contributed by atoms with E-state index >= 15 is 0 Å². The topological polar surface area (TPSA) is 92.7 Å². The molecule has 1 heterocycles. The molecule has 0 amide bonds. The first kappa shape index (κ1) is 24.5. The van der Waals surface area contributed by atoms with Gasteiger partial charge in [0.2, 0.25) is 0 Å². The second kappa shape index (κ2) is 10.3. The molecule has 0 aromatic heterocycles. The van der Waals surface area contributed by atoms with Crippen LogP contribution in [0.15, 0.2) is 77.4 Å². The van der Waals surface area contributed by atoms with Gasteiger partial charge in [0.25, 0.3) is 10.0 Å². The minimum atomic E-state index is -3.81. The third kappa shape index (κ3) is 5.22. The lowest BCUT2D eigenvalue weighted by Gasteiger charge is -2.39. The molecule has 2 aromatic carbocycles. The van der Waals surface area contributed by atoms with Crippen molar-refractivity contribution in [3.63, 3.8) is 0 Å². The van der Waals surface area contributed by atoms with Crippen molar-refractivity contribution >= 4 is 33.3 Å². The van der Waals surface area contributed by atoms with Crippen LogP contribution in [-0.4, -0.2) is 25.6 Å². The number of hydrogen-bond acceptors (Lipinski definition) is 5. The van der Waals surface area contributed by atoms with Crippen LogP contribution in [0.5, 0.6) is 0 Å². The summed E-state index contributed by atoms with van der Waals surface area (Å²) in [7, 11) is -3.81. The molecule has 0 saturated carbocycles. The normalized spacial score (nSPS) is 23.7. The van der Waals surface area contributed by atoms with Gasteiger partial charge in [-0.15, -0.1) is 0 Å². The van der Waals surface area contributed by atoms with Crippen LogP contribution in [0.25, 0.3) is 0 Å². The summed E-state index contributed by atoms with van der Waals surface area (Å²) in [5, 5.41) is 11.7. The summed E-state index contributed by atoms with van der Waals surface area (Å²) >= 11 is 5.87. The average molecular weight is 502 g/mol. The fourth-order valence-electron chi connectivity index (χ4n) is 4.76. The summed E-state index contributed by atoms with van der Waals surface area (Å²) < 4.78 is 33.9. The Morgan fingerprint density at radius 3 is 2.71 bits per heavy atom. The Morgan fingerprint density at radius 2 is 1.97 bits per heavy atom. The molecule has 180 valence electrons. The summed E-state index contributed by atoms with van der Waals surface area (Å²) in [5.74, 6) is -1.25. The zero-order chi connectivity index (χ0) is 24.3. The first-order valence-corrected chi connectivity index (χ1v) is 13.3. The molecule has 2 N–H and O–H groups in total. The maximum Gasteiger partial charge on any atom is 0.317 e. The molecule has 1 fully saturated rings. The van der Waals surface area contributed by atoms with E-state index in [4.69, 9.17) is 16.3 Å². The van der Waals surface area contributed by atoms with Crippen molar-refractivity contribution in [1.82, 2.24) is 0 Å². The zero-order valence-corrected chi connectivity index (χ0v) is 20.4. The van der Waals surface area contributed by atoms with Gasteiger partial charge in [0.1, 0.15) is 5.76 Å². The van der Waals surface area contributed by atoms with Crippen molar-refractivity contribution in [3.05, 3.63) is 83.1 Å². The van der Waals surface area contributed by atoms with Gasteiger partial charge in [-0.3, -0.25) is 9.52 Å². The van der Waals surface area contributed by atoms with Crippen LogP contribution in [0, 0.1) is 11.8 Å². The van der Waals surface area contributed by atoms with Crippen molar-refractivity contribution in [2.45, 2.75) is 49.5 Å². The molecule has 0 bridgehead atoms. The number of fused-ring (bicyclic) bond motifs is 1. The van der Waals surface area contributed by atoms with Crippen LogP contribution in [-0.2, 0) is 19.6 Å². The molecule has 34 heavy (non-hydrogen) atoms. The van der Waals surface area contributed by atoms with Crippen LogP contribution in [0.1, 0.15) is 44.1 Å². The van der Waals surface area contributed by atoms with E-state index in [1.807, 2.05) is 25.1 Å². The number of allylic oxidation sites excluding steroid dienone is 3. The van der Waals surface area contributed by atoms with Crippen LogP contribution in [0.3, 0.4) is 0 Å². The van der Waals surface area contributed by atoms with Crippen molar-refractivity contribution in [2.75, 3.05) is 4.72 Å². The van der Waals surface area contributed by atoms with Crippen LogP contribution in [0.4, 0.5) is 5.69 Å². The molecule has 2 aliphatic rings. The number of sulfonamides is 1. The summed E-state index contributed by atoms with van der Waals surface area (Å²) in [4.78, 5) is 13.1. The lowest BCUT2D eigenvalue weighted by atomic mass is 9.73. The summed E-state index contributed by atoms with van der Waals surface area (Å²) in [6.45, 7) is 1.95. The van der Waals surface area contributed by atoms with E-state index in [0.717, 1.165) is 24.8 Å². The molecule has 1 aliphatic heterocycles. The maximum atomic E-state index is 13.0. The van der Waals surface area contributed by atoms with E-state index in [1.165, 1.54) is 24.3 Å². The highest BCUT2D eigenvalue weighted by atomic mass is 35.5. The number of aliphatic hydroxyl groups excluding tert-OH is 1. The number of carbonyl (C=O) groups is 1.